The maximum atomic E-state index is 10.4. The second-order valence-corrected chi connectivity index (χ2v) is 5.85. The van der Waals surface area contributed by atoms with Gasteiger partial charge < -0.3 is 18.4 Å². The highest BCUT2D eigenvalue weighted by molar-refractivity contribution is 7.83. The SMILES string of the molecule is CCCCCCCCC/C=C/OOOC(O)=C1OS(=O)(=O)O1. The Kier molecular flexibility index (Phi) is 8.53. The Labute approximate surface area is 130 Å². The Hall–Kier alpha value is -1.61. The van der Waals surface area contributed by atoms with Crippen molar-refractivity contribution < 1.29 is 36.7 Å². The van der Waals surface area contributed by atoms with E-state index in [1.165, 1.54) is 44.8 Å². The van der Waals surface area contributed by atoms with Gasteiger partial charge in [-0.2, -0.15) is 0 Å². The number of hydrogen-bond acceptors (Lipinski definition) is 8. The van der Waals surface area contributed by atoms with E-state index >= 15 is 0 Å². The van der Waals surface area contributed by atoms with Gasteiger partial charge in [-0.1, -0.05) is 45.4 Å². The maximum absolute atomic E-state index is 10.4. The third kappa shape index (κ3) is 7.99. The summed E-state index contributed by atoms with van der Waals surface area (Å²) < 4.78 is 29.0. The van der Waals surface area contributed by atoms with Crippen molar-refractivity contribution in [2.24, 2.45) is 0 Å². The van der Waals surface area contributed by atoms with Gasteiger partial charge in [0.25, 0.3) is 0 Å². The van der Waals surface area contributed by atoms with Crippen LogP contribution in [0.15, 0.2) is 24.2 Å². The van der Waals surface area contributed by atoms with Gasteiger partial charge in [-0.05, 0) is 18.9 Å². The van der Waals surface area contributed by atoms with Crippen LogP contribution >= 0.6 is 0 Å². The lowest BCUT2D eigenvalue weighted by Gasteiger charge is -2.16. The number of rotatable bonds is 12. The van der Waals surface area contributed by atoms with Crippen molar-refractivity contribution in [3.8, 4) is 0 Å². The highest BCUT2D eigenvalue weighted by Gasteiger charge is 2.37. The summed E-state index contributed by atoms with van der Waals surface area (Å²) >= 11 is 0. The summed E-state index contributed by atoms with van der Waals surface area (Å²) in [5.74, 6) is -1.70. The Balaban J connectivity index is 1.92. The van der Waals surface area contributed by atoms with E-state index in [4.69, 9.17) is 5.11 Å². The lowest BCUT2D eigenvalue weighted by molar-refractivity contribution is -0.484. The van der Waals surface area contributed by atoms with Crippen molar-refractivity contribution in [3.63, 3.8) is 0 Å². The molecule has 0 atom stereocenters. The fraction of sp³-hybridized carbons (Fsp3) is 0.692. The molecule has 8 nitrogen and oxygen atoms in total. The summed E-state index contributed by atoms with van der Waals surface area (Å²) in [6, 6.07) is 0. The molecule has 1 heterocycles. The van der Waals surface area contributed by atoms with Crippen molar-refractivity contribution in [3.05, 3.63) is 24.2 Å². The monoisotopic (exact) mass is 338 g/mol. The van der Waals surface area contributed by atoms with Gasteiger partial charge in [0.05, 0.1) is 0 Å². The molecule has 9 heteroatoms. The highest BCUT2D eigenvalue weighted by atomic mass is 32.3. The standard InChI is InChI=1S/C13H22O8S/c1-2-3-4-5-6-7-8-9-10-11-17-21-18-12(14)13-19-22(15,16)20-13/h10-11,14H,2-9H2,1H3/b11-10+. The molecule has 0 bridgehead atoms. The summed E-state index contributed by atoms with van der Waals surface area (Å²) in [5, 5.41) is 13.2. The number of aliphatic hydroxyl groups is 1. The van der Waals surface area contributed by atoms with Crippen LogP contribution in [0.3, 0.4) is 0 Å². The van der Waals surface area contributed by atoms with Crippen molar-refractivity contribution in [2.45, 2.75) is 58.3 Å². The molecular weight excluding hydrogens is 316 g/mol. The first-order valence-corrected chi connectivity index (χ1v) is 8.60. The van der Waals surface area contributed by atoms with Crippen LogP contribution in [0.5, 0.6) is 0 Å². The second-order valence-electron chi connectivity index (χ2n) is 4.70. The summed E-state index contributed by atoms with van der Waals surface area (Å²) in [5.41, 5.74) is 0. The third-order valence-electron chi connectivity index (χ3n) is 2.81. The highest BCUT2D eigenvalue weighted by Crippen LogP contribution is 2.24. The minimum absolute atomic E-state index is 0.712. The number of unbranched alkanes of at least 4 members (excludes halogenated alkanes) is 7. The van der Waals surface area contributed by atoms with E-state index in [1.54, 1.807) is 6.08 Å². The maximum Gasteiger partial charge on any atom is 0.506 e. The quantitative estimate of drug-likeness (QED) is 0.250. The van der Waals surface area contributed by atoms with Crippen LogP contribution in [0, 0.1) is 0 Å². The molecule has 0 saturated carbocycles. The van der Waals surface area contributed by atoms with Crippen LogP contribution in [0.1, 0.15) is 58.3 Å². The number of hydrogen-bond donors (Lipinski definition) is 1. The topological polar surface area (TPSA) is 101 Å². The Morgan fingerprint density at radius 2 is 1.77 bits per heavy atom. The Morgan fingerprint density at radius 1 is 1.14 bits per heavy atom. The summed E-state index contributed by atoms with van der Waals surface area (Å²) in [6.07, 6.45) is 12.4. The molecule has 1 fully saturated rings. The predicted molar refractivity (Wildman–Crippen MR) is 75.7 cm³/mol. The normalized spacial score (nSPS) is 15.8. The van der Waals surface area contributed by atoms with E-state index in [0.717, 1.165) is 12.8 Å². The van der Waals surface area contributed by atoms with Gasteiger partial charge >= 0.3 is 22.3 Å². The number of allylic oxidation sites excluding steroid dienone is 1. The molecule has 0 amide bonds. The summed E-state index contributed by atoms with van der Waals surface area (Å²) in [7, 11) is -4.04. The van der Waals surface area contributed by atoms with Gasteiger partial charge in [-0.3, -0.25) is 4.89 Å². The van der Waals surface area contributed by atoms with Crippen LogP contribution in [0.25, 0.3) is 0 Å². The fourth-order valence-electron chi connectivity index (χ4n) is 1.70. The minimum Gasteiger partial charge on any atom is -0.474 e. The molecule has 128 valence electrons. The molecule has 0 aromatic rings. The summed E-state index contributed by atoms with van der Waals surface area (Å²) in [4.78, 5) is 8.65. The second kappa shape index (κ2) is 10.2. The van der Waals surface area contributed by atoms with Crippen molar-refractivity contribution >= 4 is 10.4 Å². The molecule has 1 saturated heterocycles. The van der Waals surface area contributed by atoms with Crippen LogP contribution < -0.4 is 0 Å². The molecule has 0 aliphatic carbocycles. The summed E-state index contributed by atoms with van der Waals surface area (Å²) in [6.45, 7) is 2.20. The van der Waals surface area contributed by atoms with E-state index in [9.17, 15) is 8.42 Å². The van der Waals surface area contributed by atoms with E-state index < -0.39 is 22.3 Å². The third-order valence-corrected chi connectivity index (χ3v) is 3.52. The van der Waals surface area contributed by atoms with Gasteiger partial charge in [-0.25, -0.2) is 0 Å². The van der Waals surface area contributed by atoms with Crippen LogP contribution in [-0.2, 0) is 33.6 Å². The predicted octanol–water partition coefficient (Wildman–Crippen LogP) is 3.50. The first-order chi connectivity index (χ1) is 10.5. The van der Waals surface area contributed by atoms with E-state index in [2.05, 4.69) is 30.1 Å². The van der Waals surface area contributed by atoms with Gasteiger partial charge in [0.1, 0.15) is 6.26 Å². The average molecular weight is 338 g/mol. The molecule has 0 spiro atoms. The van der Waals surface area contributed by atoms with Crippen molar-refractivity contribution in [2.75, 3.05) is 0 Å². The Morgan fingerprint density at radius 3 is 2.41 bits per heavy atom. The smallest absolute Gasteiger partial charge is 0.474 e. The molecule has 1 N–H and O–H groups in total. The fourth-order valence-corrected chi connectivity index (χ4v) is 2.22. The van der Waals surface area contributed by atoms with Gasteiger partial charge in [0.15, 0.2) is 0 Å². The molecule has 0 radical (unpaired) electrons. The largest absolute Gasteiger partial charge is 0.506 e. The average Bonchev–Trinajstić information content (AvgIpc) is 2.45. The molecule has 0 unspecified atom stereocenters. The van der Waals surface area contributed by atoms with E-state index in [1.807, 2.05) is 0 Å². The number of aliphatic hydroxyl groups excluding tert-OH is 1. The van der Waals surface area contributed by atoms with Crippen LogP contribution in [0.2, 0.25) is 0 Å². The van der Waals surface area contributed by atoms with Gasteiger partial charge in [0.2, 0.25) is 0 Å². The van der Waals surface area contributed by atoms with Gasteiger partial charge in [0, 0.05) is 5.04 Å². The molecule has 22 heavy (non-hydrogen) atoms. The zero-order valence-corrected chi connectivity index (χ0v) is 13.3. The first kappa shape index (κ1) is 18.4. The molecule has 0 aromatic heterocycles. The molecule has 1 rings (SSSR count). The first-order valence-electron chi connectivity index (χ1n) is 7.27. The molecular formula is C13H22O8S. The van der Waals surface area contributed by atoms with E-state index in [0.29, 0.717) is 0 Å². The minimum atomic E-state index is -4.04. The Bertz CT molecular complexity index is 454. The zero-order chi connectivity index (χ0) is 16.3. The van der Waals surface area contributed by atoms with E-state index in [-0.39, 0.29) is 0 Å². The lowest BCUT2D eigenvalue weighted by atomic mass is 10.1. The molecule has 0 aromatic carbocycles. The lowest BCUT2D eigenvalue weighted by Crippen LogP contribution is -2.24. The molecule has 1 aliphatic rings. The van der Waals surface area contributed by atoms with Gasteiger partial charge in [-0.15, -0.1) is 8.42 Å². The van der Waals surface area contributed by atoms with Crippen molar-refractivity contribution in [1.29, 1.82) is 0 Å². The zero-order valence-electron chi connectivity index (χ0n) is 12.5. The van der Waals surface area contributed by atoms with Crippen LogP contribution in [0.4, 0.5) is 0 Å². The van der Waals surface area contributed by atoms with Crippen LogP contribution in [-0.4, -0.2) is 13.5 Å². The molecule has 1 aliphatic heterocycles. The van der Waals surface area contributed by atoms with Crippen molar-refractivity contribution in [1.82, 2.24) is 0 Å².